The average molecular weight is 337 g/mol. The molecule has 1 aliphatic rings. The number of hydrogen-bond acceptors (Lipinski definition) is 2. The van der Waals surface area contributed by atoms with E-state index in [1.807, 2.05) is 24.3 Å². The zero-order valence-corrected chi connectivity index (χ0v) is 13.4. The number of aryl methyl sites for hydroxylation is 1. The fourth-order valence-corrected chi connectivity index (χ4v) is 3.15. The zero-order chi connectivity index (χ0) is 17.5. The molecule has 3 rings (SSSR count). The molecular weight excluding hydrogens is 319 g/mol. The normalized spacial score (nSPS) is 17.2. The maximum Gasteiger partial charge on any atom is 0.433 e. The Morgan fingerprint density at radius 1 is 1.33 bits per heavy atom. The molecule has 1 aromatic carbocycles. The van der Waals surface area contributed by atoms with Crippen molar-refractivity contribution in [3.63, 3.8) is 0 Å². The molecule has 1 aromatic heterocycles. The van der Waals surface area contributed by atoms with E-state index in [9.17, 15) is 18.0 Å². The number of fused-ring (bicyclic) bond motifs is 1. The maximum absolute atomic E-state index is 13.4. The number of rotatable bonds is 3. The molecule has 0 saturated heterocycles. The van der Waals surface area contributed by atoms with E-state index in [1.54, 1.807) is 13.8 Å². The molecule has 0 radical (unpaired) electrons. The second-order valence-corrected chi connectivity index (χ2v) is 6.21. The van der Waals surface area contributed by atoms with Gasteiger partial charge in [0.05, 0.1) is 17.8 Å². The molecule has 2 aromatic rings. The number of carbonyl (C=O) groups excluding carboxylic acids is 1. The van der Waals surface area contributed by atoms with Gasteiger partial charge in [0.2, 0.25) is 0 Å². The minimum absolute atomic E-state index is 0.266. The molecule has 1 heterocycles. The predicted octanol–water partition coefficient (Wildman–Crippen LogP) is 3.90. The standard InChI is InChI=1S/C17H18F3N3O/c1-10(2)23-15(17(18,19)20)13(9-21-23)16(24)22-14-8-7-11-5-3-4-6-12(11)14/h3-6,9-10,14H,7-8H2,1-2H3,(H,22,24). The van der Waals surface area contributed by atoms with Gasteiger partial charge in [-0.05, 0) is 37.8 Å². The van der Waals surface area contributed by atoms with Crippen LogP contribution in [0.25, 0.3) is 0 Å². The summed E-state index contributed by atoms with van der Waals surface area (Å²) in [5, 5.41) is 6.48. The van der Waals surface area contributed by atoms with Crippen LogP contribution in [0.5, 0.6) is 0 Å². The van der Waals surface area contributed by atoms with E-state index in [0.29, 0.717) is 6.42 Å². The summed E-state index contributed by atoms with van der Waals surface area (Å²) in [6.07, 6.45) is -2.15. The number of halogens is 3. The first-order chi connectivity index (χ1) is 11.3. The van der Waals surface area contributed by atoms with E-state index in [-0.39, 0.29) is 6.04 Å². The average Bonchev–Trinajstić information content (AvgIpc) is 3.11. The SMILES string of the molecule is CC(C)n1ncc(C(=O)NC2CCc3ccccc32)c1C(F)(F)F. The fraction of sp³-hybridized carbons (Fsp3) is 0.412. The molecule has 24 heavy (non-hydrogen) atoms. The van der Waals surface area contributed by atoms with Crippen LogP contribution in [0.15, 0.2) is 30.5 Å². The van der Waals surface area contributed by atoms with Crippen LogP contribution in [0, 0.1) is 0 Å². The van der Waals surface area contributed by atoms with E-state index in [4.69, 9.17) is 0 Å². The van der Waals surface area contributed by atoms with Crippen LogP contribution in [-0.4, -0.2) is 15.7 Å². The van der Waals surface area contributed by atoms with Crippen molar-refractivity contribution in [2.45, 2.75) is 44.9 Å². The van der Waals surface area contributed by atoms with Crippen molar-refractivity contribution in [3.8, 4) is 0 Å². The Kier molecular flexibility index (Phi) is 4.11. The third-order valence-electron chi connectivity index (χ3n) is 4.24. The molecule has 1 unspecified atom stereocenters. The number of carbonyl (C=O) groups is 1. The molecule has 0 aliphatic heterocycles. The molecule has 1 amide bonds. The lowest BCUT2D eigenvalue weighted by Gasteiger charge is -2.17. The van der Waals surface area contributed by atoms with Crippen molar-refractivity contribution in [2.75, 3.05) is 0 Å². The highest BCUT2D eigenvalue weighted by atomic mass is 19.4. The highest BCUT2D eigenvalue weighted by Gasteiger charge is 2.41. The quantitative estimate of drug-likeness (QED) is 0.923. The van der Waals surface area contributed by atoms with Gasteiger partial charge in [-0.1, -0.05) is 24.3 Å². The summed E-state index contributed by atoms with van der Waals surface area (Å²) in [7, 11) is 0. The van der Waals surface area contributed by atoms with Gasteiger partial charge in [-0.25, -0.2) is 0 Å². The summed E-state index contributed by atoms with van der Waals surface area (Å²) in [6, 6.07) is 6.89. The van der Waals surface area contributed by atoms with Crippen LogP contribution in [-0.2, 0) is 12.6 Å². The van der Waals surface area contributed by atoms with Gasteiger partial charge in [0.15, 0.2) is 5.69 Å². The molecule has 7 heteroatoms. The van der Waals surface area contributed by atoms with E-state index in [2.05, 4.69) is 10.4 Å². The molecular formula is C17H18F3N3O. The van der Waals surface area contributed by atoms with Crippen LogP contribution in [0.4, 0.5) is 13.2 Å². The van der Waals surface area contributed by atoms with Gasteiger partial charge in [0.25, 0.3) is 5.91 Å². The second-order valence-electron chi connectivity index (χ2n) is 6.21. The summed E-state index contributed by atoms with van der Waals surface area (Å²) >= 11 is 0. The Bertz CT molecular complexity index is 765. The number of benzene rings is 1. The van der Waals surface area contributed by atoms with Crippen LogP contribution in [0.1, 0.15) is 59.5 Å². The van der Waals surface area contributed by atoms with Crippen LogP contribution in [0.3, 0.4) is 0 Å². The lowest BCUT2D eigenvalue weighted by Crippen LogP contribution is -2.29. The van der Waals surface area contributed by atoms with Crippen molar-refractivity contribution in [1.82, 2.24) is 15.1 Å². The Morgan fingerprint density at radius 3 is 2.71 bits per heavy atom. The molecule has 128 valence electrons. The summed E-state index contributed by atoms with van der Waals surface area (Å²) in [5.41, 5.74) is 0.661. The van der Waals surface area contributed by atoms with E-state index in [1.165, 1.54) is 0 Å². The van der Waals surface area contributed by atoms with Gasteiger partial charge in [0, 0.05) is 6.04 Å². The topological polar surface area (TPSA) is 46.9 Å². The van der Waals surface area contributed by atoms with Gasteiger partial charge >= 0.3 is 6.18 Å². The van der Waals surface area contributed by atoms with Crippen molar-refractivity contribution >= 4 is 5.91 Å². The summed E-state index contributed by atoms with van der Waals surface area (Å²) < 4.78 is 41.0. The molecule has 0 fully saturated rings. The molecule has 0 bridgehead atoms. The minimum Gasteiger partial charge on any atom is -0.345 e. The fourth-order valence-electron chi connectivity index (χ4n) is 3.15. The molecule has 4 nitrogen and oxygen atoms in total. The van der Waals surface area contributed by atoms with E-state index >= 15 is 0 Å². The Balaban J connectivity index is 1.89. The highest BCUT2D eigenvalue weighted by Crippen LogP contribution is 2.35. The largest absolute Gasteiger partial charge is 0.433 e. The summed E-state index contributed by atoms with van der Waals surface area (Å²) in [6.45, 7) is 3.19. The number of aromatic nitrogens is 2. The number of amides is 1. The van der Waals surface area contributed by atoms with Crippen molar-refractivity contribution in [1.29, 1.82) is 0 Å². The van der Waals surface area contributed by atoms with Gasteiger partial charge in [-0.15, -0.1) is 0 Å². The maximum atomic E-state index is 13.4. The van der Waals surface area contributed by atoms with Crippen molar-refractivity contribution in [3.05, 3.63) is 52.8 Å². The molecule has 1 atom stereocenters. The molecule has 0 spiro atoms. The second kappa shape index (κ2) is 5.96. The van der Waals surface area contributed by atoms with Crippen LogP contribution in [0.2, 0.25) is 0 Å². The first-order valence-corrected chi connectivity index (χ1v) is 7.82. The van der Waals surface area contributed by atoms with Gasteiger partial charge in [-0.3, -0.25) is 9.48 Å². The lowest BCUT2D eigenvalue weighted by molar-refractivity contribution is -0.145. The number of alkyl halides is 3. The van der Waals surface area contributed by atoms with Crippen molar-refractivity contribution < 1.29 is 18.0 Å². The first kappa shape index (κ1) is 16.5. The van der Waals surface area contributed by atoms with Crippen LogP contribution < -0.4 is 5.32 Å². The van der Waals surface area contributed by atoms with E-state index in [0.717, 1.165) is 28.4 Å². The summed E-state index contributed by atoms with van der Waals surface area (Å²) in [4.78, 5) is 12.4. The Morgan fingerprint density at radius 2 is 2.04 bits per heavy atom. The third-order valence-corrected chi connectivity index (χ3v) is 4.24. The number of nitrogens with zero attached hydrogens (tertiary/aromatic N) is 2. The number of hydrogen-bond donors (Lipinski definition) is 1. The minimum atomic E-state index is -4.64. The molecule has 0 saturated carbocycles. The Labute approximate surface area is 137 Å². The summed E-state index contributed by atoms with van der Waals surface area (Å²) in [5.74, 6) is -0.740. The zero-order valence-electron chi connectivity index (χ0n) is 13.4. The smallest absolute Gasteiger partial charge is 0.345 e. The number of nitrogens with one attached hydrogen (secondary N) is 1. The van der Waals surface area contributed by atoms with Crippen molar-refractivity contribution in [2.24, 2.45) is 0 Å². The van der Waals surface area contributed by atoms with Crippen LogP contribution >= 0.6 is 0 Å². The van der Waals surface area contributed by atoms with E-state index < -0.39 is 29.4 Å². The van der Waals surface area contributed by atoms with Gasteiger partial charge in [0.1, 0.15) is 0 Å². The highest BCUT2D eigenvalue weighted by molar-refractivity contribution is 5.95. The molecule has 1 aliphatic carbocycles. The lowest BCUT2D eigenvalue weighted by atomic mass is 10.1. The monoisotopic (exact) mass is 337 g/mol. The predicted molar refractivity (Wildman–Crippen MR) is 82.6 cm³/mol. The molecule has 1 N–H and O–H groups in total. The Hall–Kier alpha value is -2.31. The van der Waals surface area contributed by atoms with Gasteiger partial charge < -0.3 is 5.32 Å². The third kappa shape index (κ3) is 2.90. The first-order valence-electron chi connectivity index (χ1n) is 7.82. The van der Waals surface area contributed by atoms with Gasteiger partial charge in [-0.2, -0.15) is 18.3 Å².